The van der Waals surface area contributed by atoms with Crippen LogP contribution in [-0.2, 0) is 0 Å². The summed E-state index contributed by atoms with van der Waals surface area (Å²) >= 11 is 0. The van der Waals surface area contributed by atoms with Crippen molar-refractivity contribution in [2.45, 2.75) is 6.92 Å². The summed E-state index contributed by atoms with van der Waals surface area (Å²) in [5.41, 5.74) is 6.97. The second kappa shape index (κ2) is 2.03. The first-order chi connectivity index (χ1) is 3.83. The van der Waals surface area contributed by atoms with Crippen LogP contribution >= 0.6 is 0 Å². The third-order valence-electron chi connectivity index (χ3n) is 1.19. The fraction of sp³-hybridized carbons (Fsp3) is 0.800. The molecule has 0 amide bonds. The standard InChI is InChI=1S/C5H11N3/c1-5-3-7-8(4-5)6-2/h4-5H,3H2,1-2H3,(H,6,7). The number of hydrogen-bond donors (Lipinski definition) is 1. The van der Waals surface area contributed by atoms with E-state index in [9.17, 15) is 0 Å². The first-order valence-electron chi connectivity index (χ1n) is 2.80. The van der Waals surface area contributed by atoms with Crippen molar-refractivity contribution in [3.8, 4) is 0 Å². The minimum Gasteiger partial charge on any atom is -0.286 e. The Morgan fingerprint density at radius 3 is 2.88 bits per heavy atom. The van der Waals surface area contributed by atoms with Crippen LogP contribution < -0.4 is 5.43 Å². The van der Waals surface area contributed by atoms with Crippen LogP contribution in [0.2, 0.25) is 0 Å². The lowest BCUT2D eigenvalue weighted by Gasteiger charge is -2.00. The maximum absolute atomic E-state index is 3.90. The summed E-state index contributed by atoms with van der Waals surface area (Å²) in [6.45, 7) is 3.16. The predicted molar refractivity (Wildman–Crippen MR) is 32.8 cm³/mol. The molecule has 0 aromatic carbocycles. The molecule has 0 aromatic rings. The number of hydrazine groups is 1. The summed E-state index contributed by atoms with van der Waals surface area (Å²) in [5, 5.41) is 0. The van der Waals surface area contributed by atoms with Gasteiger partial charge in [0, 0.05) is 12.5 Å². The van der Waals surface area contributed by atoms with Crippen molar-refractivity contribution in [2.75, 3.05) is 13.6 Å². The van der Waals surface area contributed by atoms with E-state index in [4.69, 9.17) is 0 Å². The van der Waals surface area contributed by atoms with Crippen LogP contribution in [0, 0.1) is 5.92 Å². The van der Waals surface area contributed by atoms with Crippen molar-refractivity contribution in [3.05, 3.63) is 5.43 Å². The highest BCUT2D eigenvalue weighted by molar-refractivity contribution is 5.56. The Morgan fingerprint density at radius 1 is 1.88 bits per heavy atom. The largest absolute Gasteiger partial charge is 0.286 e. The van der Waals surface area contributed by atoms with Gasteiger partial charge in [-0.15, -0.1) is 4.79 Å². The van der Waals surface area contributed by atoms with Gasteiger partial charge in [0.25, 0.3) is 0 Å². The minimum atomic E-state index is 0.624. The first-order valence-corrected chi connectivity index (χ1v) is 2.80. The topological polar surface area (TPSA) is 29.1 Å². The Morgan fingerprint density at radius 2 is 2.62 bits per heavy atom. The monoisotopic (exact) mass is 113 g/mol. The van der Waals surface area contributed by atoms with E-state index in [2.05, 4.69) is 24.0 Å². The summed E-state index contributed by atoms with van der Waals surface area (Å²) in [5.74, 6) is 0.624. The number of nitrogens with zero attached hydrogens (tertiary/aromatic N) is 2. The van der Waals surface area contributed by atoms with Gasteiger partial charge in [-0.25, -0.2) is 5.43 Å². The highest BCUT2D eigenvalue weighted by atomic mass is 15.7. The number of rotatable bonds is 1. The molecule has 0 fully saturated rings. The van der Waals surface area contributed by atoms with E-state index >= 15 is 0 Å². The van der Waals surface area contributed by atoms with Crippen molar-refractivity contribution in [3.63, 3.8) is 0 Å². The molecule has 1 heterocycles. The third-order valence-corrected chi connectivity index (χ3v) is 1.19. The van der Waals surface area contributed by atoms with Crippen molar-refractivity contribution < 1.29 is 4.79 Å². The van der Waals surface area contributed by atoms with Gasteiger partial charge in [-0.3, -0.25) is 5.43 Å². The molecule has 1 aliphatic heterocycles. The van der Waals surface area contributed by atoms with Crippen LogP contribution in [0.3, 0.4) is 0 Å². The molecule has 1 N–H and O–H groups in total. The van der Waals surface area contributed by atoms with Gasteiger partial charge in [0.15, 0.2) is 6.21 Å². The summed E-state index contributed by atoms with van der Waals surface area (Å²) in [7, 11) is 1.77. The SMILES string of the molecule is C[N-][N+]1=CC(C)CN1. The van der Waals surface area contributed by atoms with Crippen LogP contribution in [-0.4, -0.2) is 24.6 Å². The molecule has 0 bridgehead atoms. The quantitative estimate of drug-likeness (QED) is 0.481. The molecule has 46 valence electrons. The zero-order chi connectivity index (χ0) is 5.98. The molecule has 0 saturated carbocycles. The van der Waals surface area contributed by atoms with Crippen molar-refractivity contribution >= 4 is 6.21 Å². The maximum atomic E-state index is 3.90. The van der Waals surface area contributed by atoms with E-state index in [1.807, 2.05) is 0 Å². The molecule has 1 aliphatic rings. The second-order valence-electron chi connectivity index (χ2n) is 2.03. The Balaban J connectivity index is 2.44. The van der Waals surface area contributed by atoms with Gasteiger partial charge in [-0.05, 0) is 7.05 Å². The molecule has 8 heavy (non-hydrogen) atoms. The molecular formula is C5H11N3. The van der Waals surface area contributed by atoms with Gasteiger partial charge >= 0.3 is 0 Å². The van der Waals surface area contributed by atoms with E-state index in [1.165, 1.54) is 0 Å². The van der Waals surface area contributed by atoms with Gasteiger partial charge in [-0.2, -0.15) is 0 Å². The molecule has 3 heteroatoms. The molecule has 0 saturated heterocycles. The molecule has 1 rings (SSSR count). The van der Waals surface area contributed by atoms with Gasteiger partial charge in [-0.1, -0.05) is 6.92 Å². The second-order valence-corrected chi connectivity index (χ2v) is 2.03. The fourth-order valence-corrected chi connectivity index (χ4v) is 0.721. The molecule has 0 spiro atoms. The maximum Gasteiger partial charge on any atom is 0.168 e. The summed E-state index contributed by atoms with van der Waals surface area (Å²) in [6.07, 6.45) is 2.06. The predicted octanol–water partition coefficient (Wildman–Crippen LogP) is 0.143. The lowest BCUT2D eigenvalue weighted by molar-refractivity contribution is -0.526. The van der Waals surface area contributed by atoms with E-state index < -0.39 is 0 Å². The molecule has 1 atom stereocenters. The van der Waals surface area contributed by atoms with E-state index in [-0.39, 0.29) is 0 Å². The fourth-order valence-electron chi connectivity index (χ4n) is 0.721. The summed E-state index contributed by atoms with van der Waals surface area (Å²) < 4.78 is 0. The Labute approximate surface area is 49.3 Å². The van der Waals surface area contributed by atoms with Crippen LogP contribution in [0.5, 0.6) is 0 Å². The van der Waals surface area contributed by atoms with E-state index in [0.717, 1.165) is 6.54 Å². The Kier molecular flexibility index (Phi) is 1.37. The molecule has 1 unspecified atom stereocenters. The lowest BCUT2D eigenvalue weighted by atomic mass is 10.2. The van der Waals surface area contributed by atoms with Crippen molar-refractivity contribution in [2.24, 2.45) is 5.92 Å². The lowest BCUT2D eigenvalue weighted by Crippen LogP contribution is -2.18. The molecule has 3 nitrogen and oxygen atoms in total. The number of hydrazone groups is 1. The first kappa shape index (κ1) is 5.41. The summed E-state index contributed by atoms with van der Waals surface area (Å²) in [4.78, 5) is 1.75. The Bertz CT molecular complexity index is 108. The third kappa shape index (κ3) is 0.911. The van der Waals surface area contributed by atoms with Gasteiger partial charge in [0.05, 0.1) is 0 Å². The van der Waals surface area contributed by atoms with Gasteiger partial charge in [0.2, 0.25) is 0 Å². The summed E-state index contributed by atoms with van der Waals surface area (Å²) in [6, 6.07) is 0. The highest BCUT2D eigenvalue weighted by Crippen LogP contribution is 1.95. The molecule has 0 aromatic heterocycles. The molecule has 0 radical (unpaired) electrons. The van der Waals surface area contributed by atoms with Gasteiger partial charge in [0.1, 0.15) is 0 Å². The average molecular weight is 113 g/mol. The van der Waals surface area contributed by atoms with Crippen molar-refractivity contribution in [1.29, 1.82) is 0 Å². The smallest absolute Gasteiger partial charge is 0.168 e. The van der Waals surface area contributed by atoms with E-state index in [1.54, 1.807) is 11.8 Å². The van der Waals surface area contributed by atoms with Crippen molar-refractivity contribution in [1.82, 2.24) is 5.43 Å². The zero-order valence-electron chi connectivity index (χ0n) is 5.26. The van der Waals surface area contributed by atoms with Crippen LogP contribution in [0.15, 0.2) is 0 Å². The number of hydrogen-bond acceptors (Lipinski definition) is 1. The average Bonchev–Trinajstić information content (AvgIpc) is 2.14. The molecular weight excluding hydrogens is 102 g/mol. The van der Waals surface area contributed by atoms with Crippen LogP contribution in [0.4, 0.5) is 0 Å². The minimum absolute atomic E-state index is 0.624. The van der Waals surface area contributed by atoms with E-state index in [0.29, 0.717) is 5.92 Å². The zero-order valence-corrected chi connectivity index (χ0v) is 5.26. The van der Waals surface area contributed by atoms with Crippen LogP contribution in [0.1, 0.15) is 6.92 Å². The molecule has 0 aliphatic carbocycles. The normalized spacial score (nSPS) is 26.8. The number of nitrogens with one attached hydrogen (secondary N) is 1. The Hall–Kier alpha value is -0.730. The van der Waals surface area contributed by atoms with Crippen LogP contribution in [0.25, 0.3) is 5.43 Å². The highest BCUT2D eigenvalue weighted by Gasteiger charge is 2.09. The van der Waals surface area contributed by atoms with Gasteiger partial charge < -0.3 is 0 Å².